The number of ether oxygens (including phenoxy) is 1. The minimum absolute atomic E-state index is 0.140. The summed E-state index contributed by atoms with van der Waals surface area (Å²) in [6.07, 6.45) is 22.4. The normalized spacial score (nSPS) is 12.2. The van der Waals surface area contributed by atoms with Crippen LogP contribution in [0.5, 0.6) is 0 Å². The molecule has 0 rings (SSSR count). The summed E-state index contributed by atoms with van der Waals surface area (Å²) in [6.45, 7) is 5.89. The molecule has 1 N–H and O–H groups in total. The predicted octanol–water partition coefficient (Wildman–Crippen LogP) is 6.84. The van der Waals surface area contributed by atoms with Gasteiger partial charge in [0, 0.05) is 0 Å². The van der Waals surface area contributed by atoms with Crippen molar-refractivity contribution in [3.05, 3.63) is 24.8 Å². The summed E-state index contributed by atoms with van der Waals surface area (Å²) in [5, 5.41) is 8.95. The van der Waals surface area contributed by atoms with Gasteiger partial charge in [-0.3, -0.25) is 9.59 Å². The summed E-state index contributed by atoms with van der Waals surface area (Å²) in [6, 6.07) is 0. The first-order valence-electron chi connectivity index (χ1n) is 11.3. The van der Waals surface area contributed by atoms with Crippen LogP contribution in [0.2, 0.25) is 0 Å². The van der Waals surface area contributed by atoms with Gasteiger partial charge in [0.25, 0.3) is 0 Å². The van der Waals surface area contributed by atoms with Gasteiger partial charge in [0.1, 0.15) is 6.61 Å². The highest BCUT2D eigenvalue weighted by atomic mass is 16.5. The van der Waals surface area contributed by atoms with Gasteiger partial charge in [-0.25, -0.2) is 0 Å². The molecule has 0 saturated heterocycles. The fourth-order valence-corrected chi connectivity index (χ4v) is 3.23. The van der Waals surface area contributed by atoms with E-state index < -0.39 is 17.9 Å². The van der Waals surface area contributed by atoms with E-state index in [4.69, 9.17) is 9.84 Å². The molecule has 0 bridgehead atoms. The van der Waals surface area contributed by atoms with Crippen LogP contribution in [-0.4, -0.2) is 23.7 Å². The number of carboxylic acid groups (broad SMARTS) is 1. The molecule has 4 heteroatoms. The van der Waals surface area contributed by atoms with Crippen molar-refractivity contribution < 1.29 is 19.4 Å². The van der Waals surface area contributed by atoms with Gasteiger partial charge in [-0.2, -0.15) is 0 Å². The zero-order valence-corrected chi connectivity index (χ0v) is 18.0. The Bertz CT molecular complexity index is 428. The molecule has 0 aliphatic rings. The van der Waals surface area contributed by atoms with Gasteiger partial charge in [-0.1, -0.05) is 89.5 Å². The summed E-state index contributed by atoms with van der Waals surface area (Å²) in [4.78, 5) is 22.8. The maximum absolute atomic E-state index is 11.9. The average molecular weight is 395 g/mol. The van der Waals surface area contributed by atoms with Crippen LogP contribution < -0.4 is 0 Å². The fraction of sp³-hybridized carbons (Fsp3) is 0.750. The van der Waals surface area contributed by atoms with Crippen molar-refractivity contribution in [3.63, 3.8) is 0 Å². The Hall–Kier alpha value is -1.58. The SMILES string of the molecule is C=CCOC(=O)C(CCCCCCC/C=C/CCCCCCCC)CC(=O)O. The van der Waals surface area contributed by atoms with Crippen molar-refractivity contribution in [1.82, 2.24) is 0 Å². The summed E-state index contributed by atoms with van der Waals surface area (Å²) in [7, 11) is 0. The Balaban J connectivity index is 3.61. The Labute approximate surface area is 172 Å². The maximum Gasteiger partial charge on any atom is 0.309 e. The van der Waals surface area contributed by atoms with Gasteiger partial charge >= 0.3 is 11.9 Å². The minimum atomic E-state index is -0.951. The summed E-state index contributed by atoms with van der Waals surface area (Å²) >= 11 is 0. The molecule has 1 unspecified atom stereocenters. The lowest BCUT2D eigenvalue weighted by Gasteiger charge is -2.13. The zero-order valence-electron chi connectivity index (χ0n) is 18.0. The van der Waals surface area contributed by atoms with E-state index in [0.717, 1.165) is 25.7 Å². The van der Waals surface area contributed by atoms with E-state index in [0.29, 0.717) is 6.42 Å². The lowest BCUT2D eigenvalue weighted by atomic mass is 9.97. The lowest BCUT2D eigenvalue weighted by Crippen LogP contribution is -2.21. The molecule has 0 amide bonds. The van der Waals surface area contributed by atoms with E-state index in [9.17, 15) is 9.59 Å². The molecule has 0 radical (unpaired) electrons. The molecule has 28 heavy (non-hydrogen) atoms. The second-order valence-corrected chi connectivity index (χ2v) is 7.59. The highest BCUT2D eigenvalue weighted by Gasteiger charge is 2.22. The molecular weight excluding hydrogens is 352 g/mol. The van der Waals surface area contributed by atoms with Crippen LogP contribution in [0.1, 0.15) is 103 Å². The molecule has 0 spiro atoms. The summed E-state index contributed by atoms with van der Waals surface area (Å²) in [5.41, 5.74) is 0. The van der Waals surface area contributed by atoms with E-state index in [2.05, 4.69) is 25.7 Å². The fourth-order valence-electron chi connectivity index (χ4n) is 3.23. The molecule has 0 aromatic carbocycles. The number of allylic oxidation sites excluding steroid dienone is 2. The van der Waals surface area contributed by atoms with Crippen molar-refractivity contribution in [2.75, 3.05) is 6.61 Å². The van der Waals surface area contributed by atoms with Gasteiger partial charge < -0.3 is 9.84 Å². The van der Waals surface area contributed by atoms with Gasteiger partial charge in [0.2, 0.25) is 0 Å². The monoisotopic (exact) mass is 394 g/mol. The molecule has 0 aromatic rings. The average Bonchev–Trinajstić information content (AvgIpc) is 2.67. The molecule has 162 valence electrons. The van der Waals surface area contributed by atoms with E-state index in [-0.39, 0.29) is 13.0 Å². The van der Waals surface area contributed by atoms with Crippen LogP contribution in [0.15, 0.2) is 24.8 Å². The van der Waals surface area contributed by atoms with E-state index in [1.807, 2.05) is 0 Å². The third-order valence-electron chi connectivity index (χ3n) is 4.91. The summed E-state index contributed by atoms with van der Waals surface area (Å²) in [5.74, 6) is -1.91. The van der Waals surface area contributed by atoms with Crippen LogP contribution in [0.3, 0.4) is 0 Å². The first-order valence-corrected chi connectivity index (χ1v) is 11.3. The number of esters is 1. The smallest absolute Gasteiger partial charge is 0.309 e. The molecule has 4 nitrogen and oxygen atoms in total. The van der Waals surface area contributed by atoms with Crippen LogP contribution >= 0.6 is 0 Å². The van der Waals surface area contributed by atoms with Crippen molar-refractivity contribution >= 4 is 11.9 Å². The van der Waals surface area contributed by atoms with Crippen molar-refractivity contribution in [2.45, 2.75) is 103 Å². The minimum Gasteiger partial charge on any atom is -0.481 e. The number of carbonyl (C=O) groups excluding carboxylic acids is 1. The summed E-state index contributed by atoms with van der Waals surface area (Å²) < 4.78 is 5.00. The van der Waals surface area contributed by atoms with Crippen LogP contribution in [0.4, 0.5) is 0 Å². The highest BCUT2D eigenvalue weighted by molar-refractivity contribution is 5.79. The van der Waals surface area contributed by atoms with E-state index in [1.165, 1.54) is 63.9 Å². The third-order valence-corrected chi connectivity index (χ3v) is 4.91. The molecular formula is C24H42O4. The molecule has 0 aliphatic carbocycles. The first kappa shape index (κ1) is 26.4. The zero-order chi connectivity index (χ0) is 20.9. The Morgan fingerprint density at radius 2 is 1.43 bits per heavy atom. The number of unbranched alkanes of at least 4 members (excludes halogenated alkanes) is 11. The predicted molar refractivity (Wildman–Crippen MR) is 116 cm³/mol. The molecule has 0 fully saturated rings. The maximum atomic E-state index is 11.9. The third kappa shape index (κ3) is 17.8. The van der Waals surface area contributed by atoms with Crippen molar-refractivity contribution in [2.24, 2.45) is 5.92 Å². The molecule has 0 heterocycles. The second kappa shape index (κ2) is 20.2. The van der Waals surface area contributed by atoms with Crippen LogP contribution in [0, 0.1) is 5.92 Å². The van der Waals surface area contributed by atoms with Gasteiger partial charge in [0.05, 0.1) is 12.3 Å². The lowest BCUT2D eigenvalue weighted by molar-refractivity contribution is -0.152. The number of aliphatic carboxylic acids is 1. The first-order chi connectivity index (χ1) is 13.6. The largest absolute Gasteiger partial charge is 0.481 e. The number of carboxylic acids is 1. The second-order valence-electron chi connectivity index (χ2n) is 7.59. The van der Waals surface area contributed by atoms with Gasteiger partial charge in [0.15, 0.2) is 0 Å². The van der Waals surface area contributed by atoms with Crippen LogP contribution in [-0.2, 0) is 14.3 Å². The van der Waals surface area contributed by atoms with Crippen LogP contribution in [0.25, 0.3) is 0 Å². The molecule has 0 aromatic heterocycles. The van der Waals surface area contributed by atoms with E-state index >= 15 is 0 Å². The number of carbonyl (C=O) groups is 2. The number of rotatable bonds is 20. The van der Waals surface area contributed by atoms with Crippen molar-refractivity contribution in [3.8, 4) is 0 Å². The van der Waals surface area contributed by atoms with Gasteiger partial charge in [-0.15, -0.1) is 0 Å². The quantitative estimate of drug-likeness (QED) is 0.139. The standard InChI is InChI=1S/C24H42O4/c1-3-5-6-7-8-9-10-11-12-13-14-15-16-17-18-19-22(21-23(25)26)24(27)28-20-4-2/h4,11-12,22H,2-3,5-10,13-21H2,1H3,(H,25,26)/b12-11+. The molecule has 0 saturated carbocycles. The van der Waals surface area contributed by atoms with Gasteiger partial charge in [-0.05, 0) is 32.1 Å². The molecule has 1 atom stereocenters. The number of hydrogen-bond donors (Lipinski definition) is 1. The molecule has 0 aliphatic heterocycles. The number of hydrogen-bond acceptors (Lipinski definition) is 3. The van der Waals surface area contributed by atoms with Crippen molar-refractivity contribution in [1.29, 1.82) is 0 Å². The van der Waals surface area contributed by atoms with E-state index in [1.54, 1.807) is 0 Å². The topological polar surface area (TPSA) is 63.6 Å². The Morgan fingerprint density at radius 3 is 1.96 bits per heavy atom. The Morgan fingerprint density at radius 1 is 0.893 bits per heavy atom. The highest BCUT2D eigenvalue weighted by Crippen LogP contribution is 2.17. The Kier molecular flexibility index (Phi) is 19.0.